The van der Waals surface area contributed by atoms with E-state index in [0.717, 1.165) is 15.7 Å². The minimum Gasteiger partial charge on any atom is -0.350 e. The van der Waals surface area contributed by atoms with Crippen molar-refractivity contribution >= 4 is 21.8 Å². The van der Waals surface area contributed by atoms with E-state index in [-0.39, 0.29) is 11.9 Å². The van der Waals surface area contributed by atoms with Gasteiger partial charge in [0.1, 0.15) is 0 Å². The zero-order valence-electron chi connectivity index (χ0n) is 11.6. The third kappa shape index (κ3) is 3.93. The molecule has 2 aromatic rings. The largest absolute Gasteiger partial charge is 0.350 e. The first-order valence-corrected chi connectivity index (χ1v) is 7.39. The van der Waals surface area contributed by atoms with Gasteiger partial charge < -0.3 is 5.32 Å². The van der Waals surface area contributed by atoms with E-state index in [9.17, 15) is 4.79 Å². The molecule has 0 fully saturated rings. The molecule has 20 heavy (non-hydrogen) atoms. The number of carbonyl (C=O) groups is 1. The Morgan fingerprint density at radius 1 is 1.40 bits per heavy atom. The highest BCUT2D eigenvalue weighted by Crippen LogP contribution is 2.14. The van der Waals surface area contributed by atoms with Gasteiger partial charge in [-0.15, -0.1) is 0 Å². The van der Waals surface area contributed by atoms with Crippen LogP contribution < -0.4 is 5.32 Å². The molecule has 1 heterocycles. The normalized spacial score (nSPS) is 12.2. The lowest BCUT2D eigenvalue weighted by Gasteiger charge is -2.14. The predicted molar refractivity (Wildman–Crippen MR) is 82.3 cm³/mol. The Morgan fingerprint density at radius 3 is 2.70 bits per heavy atom. The van der Waals surface area contributed by atoms with Gasteiger partial charge in [0, 0.05) is 19.2 Å². The first-order valence-electron chi connectivity index (χ1n) is 6.60. The van der Waals surface area contributed by atoms with E-state index in [1.165, 1.54) is 0 Å². The van der Waals surface area contributed by atoms with Crippen LogP contribution >= 0.6 is 15.9 Å². The average molecular weight is 336 g/mol. The van der Waals surface area contributed by atoms with Crippen molar-refractivity contribution in [2.75, 3.05) is 0 Å². The molecule has 1 N–H and O–H groups in total. The summed E-state index contributed by atoms with van der Waals surface area (Å²) in [5.41, 5.74) is 2.04. The van der Waals surface area contributed by atoms with Crippen molar-refractivity contribution < 1.29 is 4.79 Å². The molecule has 1 unspecified atom stereocenters. The van der Waals surface area contributed by atoms with Crippen LogP contribution in [-0.4, -0.2) is 15.7 Å². The predicted octanol–water partition coefficient (Wildman–Crippen LogP) is 3.22. The van der Waals surface area contributed by atoms with Crippen molar-refractivity contribution in [1.82, 2.24) is 15.1 Å². The van der Waals surface area contributed by atoms with Crippen LogP contribution in [0.15, 0.2) is 41.0 Å². The second-order valence-corrected chi connectivity index (χ2v) is 5.63. The number of carbonyl (C=O) groups excluding carboxylic acids is 1. The highest BCUT2D eigenvalue weighted by Gasteiger charge is 2.09. The second-order valence-electron chi connectivity index (χ2n) is 4.78. The molecule has 0 aliphatic heterocycles. The third-order valence-electron chi connectivity index (χ3n) is 3.13. The average Bonchev–Trinajstić information content (AvgIpc) is 2.76. The Balaban J connectivity index is 1.84. The number of hydrogen-bond acceptors (Lipinski definition) is 2. The molecule has 0 aliphatic carbocycles. The number of hydrogen-bond donors (Lipinski definition) is 1. The van der Waals surface area contributed by atoms with Crippen LogP contribution in [-0.2, 0) is 11.3 Å². The molecule has 0 bridgehead atoms. The summed E-state index contributed by atoms with van der Waals surface area (Å²) in [4.78, 5) is 11.9. The molecule has 0 spiro atoms. The van der Waals surface area contributed by atoms with E-state index in [0.29, 0.717) is 13.0 Å². The van der Waals surface area contributed by atoms with Gasteiger partial charge in [-0.25, -0.2) is 0 Å². The zero-order chi connectivity index (χ0) is 14.5. The van der Waals surface area contributed by atoms with Crippen molar-refractivity contribution in [2.24, 2.45) is 0 Å². The third-order valence-corrected chi connectivity index (χ3v) is 3.91. The SMILES string of the molecule is Cc1nn(CCC(=O)NC(C)c2ccccc2)cc1Br. The molecule has 0 saturated carbocycles. The molecule has 2 rings (SSSR count). The van der Waals surface area contributed by atoms with Crippen molar-refractivity contribution in [3.63, 3.8) is 0 Å². The molecule has 5 heteroatoms. The van der Waals surface area contributed by atoms with E-state index in [1.54, 1.807) is 4.68 Å². The molecule has 1 atom stereocenters. The second kappa shape index (κ2) is 6.70. The lowest BCUT2D eigenvalue weighted by atomic mass is 10.1. The maximum atomic E-state index is 11.9. The van der Waals surface area contributed by atoms with Crippen LogP contribution in [0, 0.1) is 6.92 Å². The van der Waals surface area contributed by atoms with Gasteiger partial charge in [-0.1, -0.05) is 30.3 Å². The molecule has 4 nitrogen and oxygen atoms in total. The molecule has 0 saturated heterocycles. The summed E-state index contributed by atoms with van der Waals surface area (Å²) < 4.78 is 2.75. The summed E-state index contributed by atoms with van der Waals surface area (Å²) in [5, 5.41) is 7.31. The van der Waals surface area contributed by atoms with Crippen LogP contribution in [0.1, 0.15) is 30.6 Å². The first kappa shape index (κ1) is 14.8. The van der Waals surface area contributed by atoms with Gasteiger partial charge in [-0.3, -0.25) is 9.48 Å². The van der Waals surface area contributed by atoms with E-state index in [4.69, 9.17) is 0 Å². The minimum absolute atomic E-state index is 0.0230. The summed E-state index contributed by atoms with van der Waals surface area (Å²) >= 11 is 3.41. The van der Waals surface area contributed by atoms with E-state index >= 15 is 0 Å². The van der Waals surface area contributed by atoms with Crippen molar-refractivity contribution in [1.29, 1.82) is 0 Å². The minimum atomic E-state index is 0.0230. The summed E-state index contributed by atoms with van der Waals surface area (Å²) in [6.45, 7) is 4.50. The van der Waals surface area contributed by atoms with Crippen LogP contribution in [0.2, 0.25) is 0 Å². The zero-order valence-corrected chi connectivity index (χ0v) is 13.2. The molecule has 1 aromatic heterocycles. The van der Waals surface area contributed by atoms with Crippen LogP contribution in [0.5, 0.6) is 0 Å². The lowest BCUT2D eigenvalue weighted by molar-refractivity contribution is -0.122. The fourth-order valence-electron chi connectivity index (χ4n) is 1.96. The number of amides is 1. The summed E-state index contributed by atoms with van der Waals surface area (Å²) in [5.74, 6) is 0.0330. The monoisotopic (exact) mass is 335 g/mol. The lowest BCUT2D eigenvalue weighted by Crippen LogP contribution is -2.27. The Morgan fingerprint density at radius 2 is 2.10 bits per heavy atom. The molecular formula is C15H18BrN3O. The maximum absolute atomic E-state index is 11.9. The number of benzene rings is 1. The molecule has 0 radical (unpaired) electrons. The van der Waals surface area contributed by atoms with Gasteiger partial charge in [-0.05, 0) is 35.3 Å². The van der Waals surface area contributed by atoms with Gasteiger partial charge in [0.05, 0.1) is 16.2 Å². The quantitative estimate of drug-likeness (QED) is 0.911. The summed E-state index contributed by atoms with van der Waals surface area (Å²) in [7, 11) is 0. The summed E-state index contributed by atoms with van der Waals surface area (Å²) in [6, 6.07) is 9.97. The number of rotatable bonds is 5. The topological polar surface area (TPSA) is 46.9 Å². The number of halogens is 1. The van der Waals surface area contributed by atoms with Gasteiger partial charge in [0.15, 0.2) is 0 Å². The molecule has 106 valence electrons. The van der Waals surface area contributed by atoms with Crippen LogP contribution in [0.25, 0.3) is 0 Å². The highest BCUT2D eigenvalue weighted by atomic mass is 79.9. The smallest absolute Gasteiger partial charge is 0.222 e. The molecule has 1 aromatic carbocycles. The van der Waals surface area contributed by atoms with Crippen molar-refractivity contribution in [2.45, 2.75) is 32.9 Å². The van der Waals surface area contributed by atoms with Gasteiger partial charge in [0.25, 0.3) is 0 Å². The Kier molecular flexibility index (Phi) is 4.95. The summed E-state index contributed by atoms with van der Waals surface area (Å²) in [6.07, 6.45) is 2.31. The number of nitrogens with zero attached hydrogens (tertiary/aromatic N) is 2. The fourth-order valence-corrected chi connectivity index (χ4v) is 2.28. The van der Waals surface area contributed by atoms with Crippen LogP contribution in [0.3, 0.4) is 0 Å². The number of nitrogens with one attached hydrogen (secondary N) is 1. The maximum Gasteiger partial charge on any atom is 0.222 e. The number of aromatic nitrogens is 2. The Bertz CT molecular complexity index is 561. The van der Waals surface area contributed by atoms with Gasteiger partial charge in [-0.2, -0.15) is 5.10 Å². The van der Waals surface area contributed by atoms with Crippen molar-refractivity contribution in [3.05, 3.63) is 52.3 Å². The van der Waals surface area contributed by atoms with E-state index in [1.807, 2.05) is 50.4 Å². The van der Waals surface area contributed by atoms with E-state index in [2.05, 4.69) is 26.3 Å². The Labute approximate surface area is 127 Å². The molecule has 0 aliphatic rings. The molecule has 1 amide bonds. The van der Waals surface area contributed by atoms with Crippen LogP contribution in [0.4, 0.5) is 0 Å². The van der Waals surface area contributed by atoms with E-state index < -0.39 is 0 Å². The van der Waals surface area contributed by atoms with Gasteiger partial charge >= 0.3 is 0 Å². The van der Waals surface area contributed by atoms with Gasteiger partial charge in [0.2, 0.25) is 5.91 Å². The Hall–Kier alpha value is -1.62. The number of aryl methyl sites for hydroxylation is 2. The standard InChI is InChI=1S/C15H18BrN3O/c1-11(13-6-4-3-5-7-13)17-15(20)8-9-19-10-14(16)12(2)18-19/h3-7,10-11H,8-9H2,1-2H3,(H,17,20). The van der Waals surface area contributed by atoms with Crippen molar-refractivity contribution in [3.8, 4) is 0 Å². The first-order chi connectivity index (χ1) is 9.56. The highest BCUT2D eigenvalue weighted by molar-refractivity contribution is 9.10. The molecular weight excluding hydrogens is 318 g/mol. The fraction of sp³-hybridized carbons (Fsp3) is 0.333.